The lowest BCUT2D eigenvalue weighted by Gasteiger charge is -1.98. The highest BCUT2D eigenvalue weighted by Crippen LogP contribution is 2.19. The first kappa shape index (κ1) is 10.8. The number of aryl methyl sites for hydroxylation is 1. The van der Waals surface area contributed by atoms with Crippen LogP contribution in [0.1, 0.15) is 11.1 Å². The van der Waals surface area contributed by atoms with E-state index in [9.17, 15) is 10.1 Å². The van der Waals surface area contributed by atoms with E-state index in [1.54, 1.807) is 19.1 Å². The van der Waals surface area contributed by atoms with Crippen molar-refractivity contribution in [2.24, 2.45) is 0 Å². The number of nitro groups is 1. The standard InChI is InChI=1S/C10H11NO2S/c1-8-7-9(3-2-6-14)4-5-10(8)11(12)13/h2-5,7,14H,6H2,1H3. The summed E-state index contributed by atoms with van der Waals surface area (Å²) in [7, 11) is 0. The molecule has 0 radical (unpaired) electrons. The van der Waals surface area contributed by atoms with Gasteiger partial charge < -0.3 is 0 Å². The molecule has 0 heterocycles. The first-order chi connectivity index (χ1) is 6.65. The fourth-order valence-electron chi connectivity index (χ4n) is 1.18. The van der Waals surface area contributed by atoms with Crippen LogP contribution >= 0.6 is 12.6 Å². The molecule has 0 aromatic heterocycles. The van der Waals surface area contributed by atoms with Crippen molar-refractivity contribution < 1.29 is 4.92 Å². The highest BCUT2D eigenvalue weighted by molar-refractivity contribution is 7.80. The zero-order valence-electron chi connectivity index (χ0n) is 7.80. The quantitative estimate of drug-likeness (QED) is 0.472. The van der Waals surface area contributed by atoms with Crippen LogP contribution < -0.4 is 0 Å². The minimum atomic E-state index is -0.374. The van der Waals surface area contributed by atoms with Crippen LogP contribution in [0.3, 0.4) is 0 Å². The Labute approximate surface area is 88.0 Å². The third-order valence-corrected chi connectivity index (χ3v) is 2.04. The molecule has 0 unspecified atom stereocenters. The van der Waals surface area contributed by atoms with Crippen LogP contribution in [0, 0.1) is 17.0 Å². The maximum absolute atomic E-state index is 10.5. The predicted molar refractivity (Wildman–Crippen MR) is 60.7 cm³/mol. The maximum Gasteiger partial charge on any atom is 0.272 e. The predicted octanol–water partition coefficient (Wildman–Crippen LogP) is 2.85. The SMILES string of the molecule is Cc1cc(C=CCS)ccc1[N+](=O)[O-]. The van der Waals surface area contributed by atoms with E-state index in [1.165, 1.54) is 6.07 Å². The molecular weight excluding hydrogens is 198 g/mol. The van der Waals surface area contributed by atoms with Crippen LogP contribution in [-0.4, -0.2) is 10.7 Å². The van der Waals surface area contributed by atoms with Crippen molar-refractivity contribution in [1.29, 1.82) is 0 Å². The van der Waals surface area contributed by atoms with Crippen LogP contribution in [0.5, 0.6) is 0 Å². The van der Waals surface area contributed by atoms with Gasteiger partial charge >= 0.3 is 0 Å². The molecule has 1 rings (SSSR count). The fraction of sp³-hybridized carbons (Fsp3) is 0.200. The molecule has 0 amide bonds. The lowest BCUT2D eigenvalue weighted by atomic mass is 10.1. The number of nitro benzene ring substituents is 1. The smallest absolute Gasteiger partial charge is 0.258 e. The van der Waals surface area contributed by atoms with Crippen LogP contribution in [0.2, 0.25) is 0 Å². The third kappa shape index (κ3) is 2.60. The lowest BCUT2D eigenvalue weighted by Crippen LogP contribution is -1.91. The molecule has 0 fully saturated rings. The summed E-state index contributed by atoms with van der Waals surface area (Å²) in [5, 5.41) is 10.5. The van der Waals surface area contributed by atoms with Gasteiger partial charge in [0.05, 0.1) is 4.92 Å². The van der Waals surface area contributed by atoms with E-state index in [4.69, 9.17) is 0 Å². The van der Waals surface area contributed by atoms with Crippen LogP contribution in [-0.2, 0) is 0 Å². The lowest BCUT2D eigenvalue weighted by molar-refractivity contribution is -0.385. The Morgan fingerprint density at radius 2 is 2.29 bits per heavy atom. The number of hydrogen-bond acceptors (Lipinski definition) is 3. The van der Waals surface area contributed by atoms with Gasteiger partial charge in [0, 0.05) is 17.4 Å². The summed E-state index contributed by atoms with van der Waals surface area (Å²) in [5.74, 6) is 0.663. The van der Waals surface area contributed by atoms with Gasteiger partial charge in [0.15, 0.2) is 0 Å². The summed E-state index contributed by atoms with van der Waals surface area (Å²) in [5.41, 5.74) is 1.80. The second kappa shape index (κ2) is 4.81. The average Bonchev–Trinajstić information content (AvgIpc) is 2.14. The number of thiol groups is 1. The Morgan fingerprint density at radius 3 is 2.79 bits per heavy atom. The van der Waals surface area contributed by atoms with Gasteiger partial charge in [0.2, 0.25) is 0 Å². The second-order valence-corrected chi connectivity index (χ2v) is 3.25. The molecule has 0 aliphatic heterocycles. The molecule has 1 aromatic carbocycles. The minimum absolute atomic E-state index is 0.160. The first-order valence-electron chi connectivity index (χ1n) is 4.17. The Kier molecular flexibility index (Phi) is 3.71. The van der Waals surface area contributed by atoms with Gasteiger partial charge in [-0.1, -0.05) is 12.2 Å². The summed E-state index contributed by atoms with van der Waals surface area (Å²) in [6.45, 7) is 1.73. The molecule has 0 atom stereocenters. The molecule has 14 heavy (non-hydrogen) atoms. The molecule has 0 saturated heterocycles. The van der Waals surface area contributed by atoms with Crippen molar-refractivity contribution in [3.8, 4) is 0 Å². The van der Waals surface area contributed by atoms with E-state index >= 15 is 0 Å². The van der Waals surface area contributed by atoms with Gasteiger partial charge in [-0.2, -0.15) is 12.6 Å². The zero-order valence-corrected chi connectivity index (χ0v) is 8.70. The van der Waals surface area contributed by atoms with Gasteiger partial charge in [0.25, 0.3) is 5.69 Å². The summed E-state index contributed by atoms with van der Waals surface area (Å²) in [6, 6.07) is 5.04. The largest absolute Gasteiger partial charge is 0.272 e. The average molecular weight is 209 g/mol. The normalized spacial score (nSPS) is 10.7. The monoisotopic (exact) mass is 209 g/mol. The fourth-order valence-corrected chi connectivity index (χ4v) is 1.28. The molecule has 4 heteroatoms. The molecule has 0 saturated carbocycles. The molecule has 0 spiro atoms. The molecule has 0 aliphatic rings. The van der Waals surface area contributed by atoms with Crippen molar-refractivity contribution in [2.75, 3.05) is 5.75 Å². The molecule has 3 nitrogen and oxygen atoms in total. The highest BCUT2D eigenvalue weighted by atomic mass is 32.1. The Morgan fingerprint density at radius 1 is 1.57 bits per heavy atom. The Hall–Kier alpha value is -1.29. The van der Waals surface area contributed by atoms with Crippen molar-refractivity contribution >= 4 is 24.4 Å². The van der Waals surface area contributed by atoms with Gasteiger partial charge in [-0.25, -0.2) is 0 Å². The number of benzene rings is 1. The Bertz CT molecular complexity index is 374. The zero-order chi connectivity index (χ0) is 10.6. The molecule has 0 bridgehead atoms. The van der Waals surface area contributed by atoms with Gasteiger partial charge in [-0.15, -0.1) is 0 Å². The van der Waals surface area contributed by atoms with Crippen molar-refractivity contribution in [1.82, 2.24) is 0 Å². The van der Waals surface area contributed by atoms with Gasteiger partial charge in [0.1, 0.15) is 0 Å². The van der Waals surface area contributed by atoms with E-state index in [1.807, 2.05) is 12.2 Å². The first-order valence-corrected chi connectivity index (χ1v) is 4.81. The van der Waals surface area contributed by atoms with Crippen molar-refractivity contribution in [3.05, 3.63) is 45.5 Å². The summed E-state index contributed by atoms with van der Waals surface area (Å²) in [6.07, 6.45) is 3.79. The minimum Gasteiger partial charge on any atom is -0.258 e. The molecule has 0 aliphatic carbocycles. The van der Waals surface area contributed by atoms with E-state index in [-0.39, 0.29) is 10.6 Å². The molecule has 74 valence electrons. The van der Waals surface area contributed by atoms with Crippen molar-refractivity contribution in [3.63, 3.8) is 0 Å². The Balaban J connectivity index is 3.00. The highest BCUT2D eigenvalue weighted by Gasteiger charge is 2.08. The van der Waals surface area contributed by atoms with Gasteiger partial charge in [-0.3, -0.25) is 10.1 Å². The molecule has 0 N–H and O–H groups in total. The van der Waals surface area contributed by atoms with E-state index < -0.39 is 0 Å². The van der Waals surface area contributed by atoms with Crippen LogP contribution in [0.25, 0.3) is 6.08 Å². The topological polar surface area (TPSA) is 43.1 Å². The molecular formula is C10H11NO2S. The van der Waals surface area contributed by atoms with E-state index in [0.29, 0.717) is 11.3 Å². The maximum atomic E-state index is 10.5. The number of nitrogens with zero attached hydrogens (tertiary/aromatic N) is 1. The van der Waals surface area contributed by atoms with Crippen LogP contribution in [0.15, 0.2) is 24.3 Å². The third-order valence-electron chi connectivity index (χ3n) is 1.83. The number of rotatable bonds is 3. The van der Waals surface area contributed by atoms with E-state index in [0.717, 1.165) is 5.56 Å². The summed E-state index contributed by atoms with van der Waals surface area (Å²) < 4.78 is 0. The van der Waals surface area contributed by atoms with Crippen molar-refractivity contribution in [2.45, 2.75) is 6.92 Å². The summed E-state index contributed by atoms with van der Waals surface area (Å²) in [4.78, 5) is 10.1. The number of hydrogen-bond donors (Lipinski definition) is 1. The molecule has 1 aromatic rings. The van der Waals surface area contributed by atoms with E-state index in [2.05, 4.69) is 12.6 Å². The van der Waals surface area contributed by atoms with Crippen LogP contribution in [0.4, 0.5) is 5.69 Å². The summed E-state index contributed by atoms with van der Waals surface area (Å²) >= 11 is 4.03. The second-order valence-electron chi connectivity index (χ2n) is 2.89. The van der Waals surface area contributed by atoms with Gasteiger partial charge in [-0.05, 0) is 24.6 Å².